The van der Waals surface area contributed by atoms with Crippen LogP contribution in [0.15, 0.2) is 48.5 Å². The number of esters is 1. The van der Waals surface area contributed by atoms with Crippen LogP contribution in [0.5, 0.6) is 5.75 Å². The molecule has 2 aromatic carbocycles. The Labute approximate surface area is 131 Å². The molecule has 22 heavy (non-hydrogen) atoms. The summed E-state index contributed by atoms with van der Waals surface area (Å²) in [6, 6.07) is 15.1. The van der Waals surface area contributed by atoms with E-state index in [1.165, 1.54) is 0 Å². The number of benzene rings is 2. The lowest BCUT2D eigenvalue weighted by molar-refractivity contribution is 0.0472. The van der Waals surface area contributed by atoms with Crippen LogP contribution in [-0.2, 0) is 16.8 Å². The van der Waals surface area contributed by atoms with E-state index in [9.17, 15) is 4.79 Å². The first-order valence-corrected chi connectivity index (χ1v) is 7.31. The first-order chi connectivity index (χ1) is 10.4. The van der Waals surface area contributed by atoms with Crippen molar-refractivity contribution >= 4 is 5.97 Å². The van der Waals surface area contributed by atoms with Crippen molar-refractivity contribution in [1.29, 1.82) is 0 Å². The first-order valence-electron chi connectivity index (χ1n) is 7.31. The van der Waals surface area contributed by atoms with Crippen molar-refractivity contribution in [3.8, 4) is 5.75 Å². The number of carbonyl (C=O) groups is 1. The molecule has 0 heterocycles. The molecule has 0 bridgehead atoms. The third-order valence-corrected chi connectivity index (χ3v) is 3.46. The summed E-state index contributed by atoms with van der Waals surface area (Å²) in [5.74, 6) is 0.462. The quantitative estimate of drug-likeness (QED) is 0.787. The third-order valence-electron chi connectivity index (χ3n) is 3.46. The average molecular weight is 298 g/mol. The Balaban J connectivity index is 2.16. The fourth-order valence-electron chi connectivity index (χ4n) is 2.23. The number of hydrogen-bond acceptors (Lipinski definition) is 3. The van der Waals surface area contributed by atoms with Gasteiger partial charge in [0.2, 0.25) is 0 Å². The van der Waals surface area contributed by atoms with Crippen molar-refractivity contribution < 1.29 is 14.3 Å². The maximum atomic E-state index is 12.2. The number of rotatable bonds is 4. The van der Waals surface area contributed by atoms with Crippen molar-refractivity contribution in [3.05, 3.63) is 65.2 Å². The van der Waals surface area contributed by atoms with Crippen LogP contribution in [0.4, 0.5) is 0 Å². The zero-order valence-corrected chi connectivity index (χ0v) is 13.6. The highest BCUT2D eigenvalue weighted by molar-refractivity contribution is 5.90. The molecule has 0 aliphatic heterocycles. The van der Waals surface area contributed by atoms with Crippen molar-refractivity contribution in [1.82, 2.24) is 0 Å². The summed E-state index contributed by atoms with van der Waals surface area (Å²) in [5, 5.41) is 0. The Morgan fingerprint density at radius 1 is 1.05 bits per heavy atom. The minimum Gasteiger partial charge on any atom is -0.496 e. The SMILES string of the molecule is COc1ccc(C(=O)OCc2ccccc2)cc1C(C)(C)C. The molecule has 0 aromatic heterocycles. The average Bonchev–Trinajstić information content (AvgIpc) is 2.52. The van der Waals surface area contributed by atoms with Gasteiger partial charge in [0, 0.05) is 5.56 Å². The van der Waals surface area contributed by atoms with E-state index in [0.717, 1.165) is 16.9 Å². The molecule has 2 rings (SSSR count). The minimum atomic E-state index is -0.322. The summed E-state index contributed by atoms with van der Waals surface area (Å²) in [4.78, 5) is 12.2. The second kappa shape index (κ2) is 6.65. The highest BCUT2D eigenvalue weighted by atomic mass is 16.5. The fraction of sp³-hybridized carbons (Fsp3) is 0.316. The van der Waals surface area contributed by atoms with Gasteiger partial charge in [-0.3, -0.25) is 0 Å². The molecule has 0 unspecified atom stereocenters. The van der Waals surface area contributed by atoms with Gasteiger partial charge in [0.15, 0.2) is 0 Å². The summed E-state index contributed by atoms with van der Waals surface area (Å²) >= 11 is 0. The Kier molecular flexibility index (Phi) is 4.86. The molecule has 3 heteroatoms. The molecule has 0 aliphatic carbocycles. The topological polar surface area (TPSA) is 35.5 Å². The van der Waals surface area contributed by atoms with Gasteiger partial charge in [-0.05, 0) is 29.2 Å². The van der Waals surface area contributed by atoms with E-state index in [1.54, 1.807) is 13.2 Å². The van der Waals surface area contributed by atoms with E-state index >= 15 is 0 Å². The molecule has 3 nitrogen and oxygen atoms in total. The van der Waals surface area contributed by atoms with Gasteiger partial charge in [0.25, 0.3) is 0 Å². The number of methoxy groups -OCH3 is 1. The van der Waals surface area contributed by atoms with Crippen LogP contribution in [0.1, 0.15) is 42.3 Å². The van der Waals surface area contributed by atoms with Gasteiger partial charge in [-0.2, -0.15) is 0 Å². The molecule has 0 N–H and O–H groups in total. The Hall–Kier alpha value is -2.29. The maximum absolute atomic E-state index is 12.2. The Bertz CT molecular complexity index is 639. The lowest BCUT2D eigenvalue weighted by Crippen LogP contribution is -2.15. The van der Waals surface area contributed by atoms with E-state index in [4.69, 9.17) is 9.47 Å². The zero-order chi connectivity index (χ0) is 16.2. The van der Waals surface area contributed by atoms with Gasteiger partial charge >= 0.3 is 5.97 Å². The minimum absolute atomic E-state index is 0.110. The summed E-state index contributed by atoms with van der Waals surface area (Å²) in [6.07, 6.45) is 0. The summed E-state index contributed by atoms with van der Waals surface area (Å²) in [7, 11) is 1.64. The molecule has 0 fully saturated rings. The van der Waals surface area contributed by atoms with Crippen LogP contribution in [0, 0.1) is 0 Å². The molecule has 0 atom stereocenters. The Morgan fingerprint density at radius 2 is 1.73 bits per heavy atom. The smallest absolute Gasteiger partial charge is 0.338 e. The molecule has 2 aromatic rings. The van der Waals surface area contributed by atoms with Gasteiger partial charge in [-0.15, -0.1) is 0 Å². The molecule has 0 aliphatic rings. The summed E-state index contributed by atoms with van der Waals surface area (Å²) in [6.45, 7) is 6.54. The van der Waals surface area contributed by atoms with Gasteiger partial charge in [0.05, 0.1) is 12.7 Å². The van der Waals surface area contributed by atoms with Gasteiger partial charge in [-0.25, -0.2) is 4.79 Å². The lowest BCUT2D eigenvalue weighted by Gasteiger charge is -2.22. The van der Waals surface area contributed by atoms with Gasteiger partial charge < -0.3 is 9.47 Å². The van der Waals surface area contributed by atoms with Crippen LogP contribution >= 0.6 is 0 Å². The van der Waals surface area contributed by atoms with Crippen LogP contribution in [0.2, 0.25) is 0 Å². The van der Waals surface area contributed by atoms with E-state index in [2.05, 4.69) is 20.8 Å². The van der Waals surface area contributed by atoms with E-state index in [1.807, 2.05) is 42.5 Å². The van der Waals surface area contributed by atoms with Crippen molar-refractivity contribution in [2.75, 3.05) is 7.11 Å². The molecular formula is C19H22O3. The van der Waals surface area contributed by atoms with Crippen LogP contribution in [0.25, 0.3) is 0 Å². The molecule has 0 radical (unpaired) electrons. The van der Waals surface area contributed by atoms with Gasteiger partial charge in [-0.1, -0.05) is 51.1 Å². The first kappa shape index (κ1) is 16.1. The zero-order valence-electron chi connectivity index (χ0n) is 13.6. The van der Waals surface area contributed by atoms with Gasteiger partial charge in [0.1, 0.15) is 12.4 Å². The van der Waals surface area contributed by atoms with Crippen LogP contribution in [-0.4, -0.2) is 13.1 Å². The second-order valence-electron chi connectivity index (χ2n) is 6.23. The van der Waals surface area contributed by atoms with Crippen LogP contribution in [0.3, 0.4) is 0 Å². The number of carbonyl (C=O) groups excluding carboxylic acids is 1. The number of hydrogen-bond donors (Lipinski definition) is 0. The largest absolute Gasteiger partial charge is 0.496 e. The molecule has 116 valence electrons. The maximum Gasteiger partial charge on any atom is 0.338 e. The lowest BCUT2D eigenvalue weighted by atomic mass is 9.85. The molecule has 0 saturated heterocycles. The highest BCUT2D eigenvalue weighted by Gasteiger charge is 2.21. The van der Waals surface area contributed by atoms with E-state index < -0.39 is 0 Å². The predicted octanol–water partition coefficient (Wildman–Crippen LogP) is 4.35. The number of ether oxygens (including phenoxy) is 2. The molecule has 0 amide bonds. The van der Waals surface area contributed by atoms with Crippen molar-refractivity contribution in [3.63, 3.8) is 0 Å². The van der Waals surface area contributed by atoms with E-state index in [-0.39, 0.29) is 18.0 Å². The monoisotopic (exact) mass is 298 g/mol. The molecule has 0 spiro atoms. The second-order valence-corrected chi connectivity index (χ2v) is 6.23. The fourth-order valence-corrected chi connectivity index (χ4v) is 2.23. The molecule has 0 saturated carbocycles. The summed E-state index contributed by atoms with van der Waals surface area (Å²) in [5.41, 5.74) is 2.40. The molecular weight excluding hydrogens is 276 g/mol. The normalized spacial score (nSPS) is 11.1. The highest BCUT2D eigenvalue weighted by Crippen LogP contribution is 2.32. The van der Waals surface area contributed by atoms with Crippen molar-refractivity contribution in [2.24, 2.45) is 0 Å². The van der Waals surface area contributed by atoms with Crippen LogP contribution < -0.4 is 4.74 Å². The van der Waals surface area contributed by atoms with Crippen molar-refractivity contribution in [2.45, 2.75) is 32.8 Å². The third kappa shape index (κ3) is 3.88. The summed E-state index contributed by atoms with van der Waals surface area (Å²) < 4.78 is 10.8. The standard InChI is InChI=1S/C19H22O3/c1-19(2,3)16-12-15(10-11-17(16)21-4)18(20)22-13-14-8-6-5-7-9-14/h5-12H,13H2,1-4H3. The van der Waals surface area contributed by atoms with E-state index in [0.29, 0.717) is 5.56 Å². The predicted molar refractivity (Wildman–Crippen MR) is 87.3 cm³/mol. The Morgan fingerprint density at radius 3 is 2.32 bits per heavy atom.